The molecule has 2 amide bonds. The fourth-order valence-corrected chi connectivity index (χ4v) is 5.51. The summed E-state index contributed by atoms with van der Waals surface area (Å²) in [6.45, 7) is 4.64. The first-order valence-electron chi connectivity index (χ1n) is 11.0. The number of nitrogens with one attached hydrogen (secondary N) is 2. The highest BCUT2D eigenvalue weighted by atomic mass is 35.5. The molecule has 1 aromatic heterocycles. The summed E-state index contributed by atoms with van der Waals surface area (Å²) in [4.78, 5) is 41.8. The maximum atomic E-state index is 12.6. The summed E-state index contributed by atoms with van der Waals surface area (Å²) in [5, 5.41) is 6.05. The minimum atomic E-state index is -0.688. The first-order valence-corrected chi connectivity index (χ1v) is 12.2. The second-order valence-electron chi connectivity index (χ2n) is 8.64. The number of ketones is 1. The Labute approximate surface area is 200 Å². The highest BCUT2D eigenvalue weighted by Crippen LogP contribution is 2.41. The van der Waals surface area contributed by atoms with Crippen LogP contribution in [0.15, 0.2) is 30.3 Å². The molecular weight excluding hydrogens is 464 g/mol. The third kappa shape index (κ3) is 4.20. The number of nitrogens with zero attached hydrogens (tertiary/aromatic N) is 2. The molecule has 1 aromatic carbocycles. The quantitative estimate of drug-likeness (QED) is 0.581. The number of thiophene rings is 1. The van der Waals surface area contributed by atoms with Gasteiger partial charge < -0.3 is 15.0 Å². The van der Waals surface area contributed by atoms with E-state index >= 15 is 0 Å². The van der Waals surface area contributed by atoms with Crippen LogP contribution in [-0.4, -0.2) is 56.6 Å². The van der Waals surface area contributed by atoms with Gasteiger partial charge in [-0.1, -0.05) is 11.6 Å². The Morgan fingerprint density at radius 2 is 2.03 bits per heavy atom. The van der Waals surface area contributed by atoms with Gasteiger partial charge >= 0.3 is 6.09 Å². The van der Waals surface area contributed by atoms with Crippen molar-refractivity contribution in [3.8, 4) is 0 Å². The summed E-state index contributed by atoms with van der Waals surface area (Å²) in [5.41, 5.74) is 1.95. The van der Waals surface area contributed by atoms with E-state index in [1.807, 2.05) is 18.2 Å². The Balaban J connectivity index is 1.33. The standard InChI is InChI=1S/C23H25ClN4O4S/c1-14(29)23(13-26-23)17-10-15(4-5-18(17)27-8-2-3-9-27)28-12-16(32-22(28)31)11-25-21(30)19-6-7-20(24)33-19/h4-7,10,16,26H,2-3,8-9,11-13H2,1H3,(H,25,30). The fraction of sp³-hybridized carbons (Fsp3) is 0.435. The molecular formula is C23H25ClN4O4S. The normalized spacial score (nSPS) is 24.2. The number of hydrogen-bond acceptors (Lipinski definition) is 7. The van der Waals surface area contributed by atoms with E-state index in [4.69, 9.17) is 16.3 Å². The SMILES string of the molecule is CC(=O)C1(c2cc(N3CC(CNC(=O)c4ccc(Cl)s4)OC3=O)ccc2N2CCCC2)CN1. The molecule has 2 N–H and O–H groups in total. The zero-order chi connectivity index (χ0) is 23.2. The summed E-state index contributed by atoms with van der Waals surface area (Å²) in [6, 6.07) is 9.18. The van der Waals surface area contributed by atoms with Crippen LogP contribution in [0, 0.1) is 0 Å². The second kappa shape index (κ2) is 8.62. The van der Waals surface area contributed by atoms with E-state index in [2.05, 4.69) is 15.5 Å². The predicted octanol–water partition coefficient (Wildman–Crippen LogP) is 3.14. The number of hydrogen-bond donors (Lipinski definition) is 2. The molecule has 0 bridgehead atoms. The first-order chi connectivity index (χ1) is 15.9. The van der Waals surface area contributed by atoms with Crippen molar-refractivity contribution >= 4 is 52.1 Å². The minimum absolute atomic E-state index is 0.0679. The molecule has 2 atom stereocenters. The van der Waals surface area contributed by atoms with Crippen LogP contribution in [0.25, 0.3) is 0 Å². The van der Waals surface area contributed by atoms with Crippen molar-refractivity contribution < 1.29 is 19.1 Å². The monoisotopic (exact) mass is 488 g/mol. The lowest BCUT2D eigenvalue weighted by atomic mass is 9.92. The van der Waals surface area contributed by atoms with E-state index < -0.39 is 17.7 Å². The van der Waals surface area contributed by atoms with Crippen molar-refractivity contribution in [3.63, 3.8) is 0 Å². The van der Waals surface area contributed by atoms with Gasteiger partial charge in [0.2, 0.25) is 0 Å². The molecule has 2 aromatic rings. The number of cyclic esters (lactones) is 1. The highest BCUT2D eigenvalue weighted by Gasteiger charge is 2.51. The van der Waals surface area contributed by atoms with E-state index in [1.165, 1.54) is 11.3 Å². The van der Waals surface area contributed by atoms with E-state index in [0.29, 0.717) is 28.0 Å². The molecule has 2 unspecified atom stereocenters. The lowest BCUT2D eigenvalue weighted by Crippen LogP contribution is -2.34. The molecule has 3 aliphatic rings. The van der Waals surface area contributed by atoms with Gasteiger partial charge in [-0.2, -0.15) is 0 Å². The Hall–Kier alpha value is -2.62. The van der Waals surface area contributed by atoms with Crippen LogP contribution in [0.4, 0.5) is 16.2 Å². The topological polar surface area (TPSA) is 101 Å². The number of ether oxygens (including phenoxy) is 1. The summed E-state index contributed by atoms with van der Waals surface area (Å²) < 4.78 is 6.04. The fourth-order valence-electron chi connectivity index (χ4n) is 4.55. The number of carbonyl (C=O) groups excluding carboxylic acids is 3. The third-order valence-corrected chi connectivity index (χ3v) is 7.72. The Morgan fingerprint density at radius 1 is 1.27 bits per heavy atom. The number of carbonyl (C=O) groups is 3. The zero-order valence-corrected chi connectivity index (χ0v) is 19.8. The molecule has 4 heterocycles. The number of anilines is 2. The summed E-state index contributed by atoms with van der Waals surface area (Å²) in [7, 11) is 0. The van der Waals surface area contributed by atoms with Crippen molar-refractivity contribution in [2.45, 2.75) is 31.4 Å². The van der Waals surface area contributed by atoms with E-state index in [9.17, 15) is 14.4 Å². The molecule has 0 radical (unpaired) electrons. The van der Waals surface area contributed by atoms with Crippen LogP contribution in [0.3, 0.4) is 0 Å². The Bertz CT molecular complexity index is 1110. The van der Waals surface area contributed by atoms with E-state index in [1.54, 1.807) is 24.0 Å². The summed E-state index contributed by atoms with van der Waals surface area (Å²) in [6.07, 6.45) is 1.32. The molecule has 8 nitrogen and oxygen atoms in total. The van der Waals surface area contributed by atoms with Crippen LogP contribution in [-0.2, 0) is 15.1 Å². The average molecular weight is 489 g/mol. The molecule has 0 saturated carbocycles. The third-order valence-electron chi connectivity index (χ3n) is 6.49. The van der Waals surface area contributed by atoms with Gasteiger partial charge in [0, 0.05) is 36.6 Å². The Kier molecular flexibility index (Phi) is 5.80. The number of benzene rings is 1. The van der Waals surface area contributed by atoms with Gasteiger partial charge in [-0.3, -0.25) is 19.8 Å². The molecule has 3 aliphatic heterocycles. The molecule has 5 rings (SSSR count). The van der Waals surface area contributed by atoms with Crippen LogP contribution in [0.1, 0.15) is 35.0 Å². The van der Waals surface area contributed by atoms with Gasteiger partial charge in [-0.05, 0) is 50.1 Å². The van der Waals surface area contributed by atoms with Gasteiger partial charge in [0.15, 0.2) is 5.78 Å². The largest absolute Gasteiger partial charge is 0.442 e. The smallest absolute Gasteiger partial charge is 0.414 e. The molecule has 174 valence electrons. The number of rotatable bonds is 7. The molecule has 3 fully saturated rings. The van der Waals surface area contributed by atoms with Crippen LogP contribution in [0.5, 0.6) is 0 Å². The Morgan fingerprint density at radius 3 is 2.67 bits per heavy atom. The van der Waals surface area contributed by atoms with Gasteiger partial charge in [-0.25, -0.2) is 4.79 Å². The first kappa shape index (κ1) is 22.2. The number of halogens is 1. The highest BCUT2D eigenvalue weighted by molar-refractivity contribution is 7.18. The minimum Gasteiger partial charge on any atom is -0.442 e. The van der Waals surface area contributed by atoms with Crippen molar-refractivity contribution in [2.24, 2.45) is 0 Å². The number of Topliss-reactive ketones (excluding diaryl/α,β-unsaturated/α-hetero) is 1. The summed E-state index contributed by atoms with van der Waals surface area (Å²) in [5.74, 6) is -0.180. The lowest BCUT2D eigenvalue weighted by molar-refractivity contribution is -0.119. The van der Waals surface area contributed by atoms with Gasteiger partial charge in [0.05, 0.1) is 22.3 Å². The molecule has 33 heavy (non-hydrogen) atoms. The average Bonchev–Trinajstić information content (AvgIpc) is 3.11. The van der Waals surface area contributed by atoms with Crippen molar-refractivity contribution in [1.82, 2.24) is 10.6 Å². The number of amides is 2. The molecule has 3 saturated heterocycles. The van der Waals surface area contributed by atoms with Crippen LogP contribution < -0.4 is 20.4 Å². The summed E-state index contributed by atoms with van der Waals surface area (Å²) >= 11 is 7.09. The van der Waals surface area contributed by atoms with E-state index in [0.717, 1.165) is 37.2 Å². The maximum Gasteiger partial charge on any atom is 0.414 e. The van der Waals surface area contributed by atoms with Crippen molar-refractivity contribution in [3.05, 3.63) is 45.1 Å². The maximum absolute atomic E-state index is 12.6. The second-order valence-corrected chi connectivity index (χ2v) is 10.4. The van der Waals surface area contributed by atoms with Crippen molar-refractivity contribution in [1.29, 1.82) is 0 Å². The molecule has 10 heteroatoms. The molecule has 0 aliphatic carbocycles. The van der Waals surface area contributed by atoms with Gasteiger partial charge in [-0.15, -0.1) is 11.3 Å². The van der Waals surface area contributed by atoms with Gasteiger partial charge in [0.1, 0.15) is 11.6 Å². The van der Waals surface area contributed by atoms with Crippen LogP contribution >= 0.6 is 22.9 Å². The molecule has 0 spiro atoms. The predicted molar refractivity (Wildman–Crippen MR) is 128 cm³/mol. The lowest BCUT2D eigenvalue weighted by Gasteiger charge is -2.26. The van der Waals surface area contributed by atoms with Gasteiger partial charge in [0.25, 0.3) is 5.91 Å². The van der Waals surface area contributed by atoms with E-state index in [-0.39, 0.29) is 18.2 Å². The van der Waals surface area contributed by atoms with Crippen molar-refractivity contribution in [2.75, 3.05) is 42.5 Å². The zero-order valence-electron chi connectivity index (χ0n) is 18.2. The van der Waals surface area contributed by atoms with Crippen LogP contribution in [0.2, 0.25) is 4.34 Å².